The van der Waals surface area contributed by atoms with E-state index in [0.29, 0.717) is 30.0 Å². The minimum atomic E-state index is -0.886. The van der Waals surface area contributed by atoms with Gasteiger partial charge < -0.3 is 25.8 Å². The minimum absolute atomic E-state index is 0.0113. The van der Waals surface area contributed by atoms with Gasteiger partial charge in [0, 0.05) is 18.7 Å². The van der Waals surface area contributed by atoms with E-state index in [2.05, 4.69) is 41.1 Å². The normalized spacial score (nSPS) is 16.1. The summed E-state index contributed by atoms with van der Waals surface area (Å²) in [4.78, 5) is 11.3. The molecular formula is C28H30N4O3. The average molecular weight is 471 g/mol. The molecule has 180 valence electrons. The summed E-state index contributed by atoms with van der Waals surface area (Å²) in [5.41, 5.74) is 5.25. The number of hydrogen-bond acceptors (Lipinski definition) is 6. The molecule has 7 heteroatoms. The van der Waals surface area contributed by atoms with E-state index in [-0.39, 0.29) is 24.4 Å². The number of carboxylic acids is 1. The Labute approximate surface area is 205 Å². The molecule has 1 aliphatic rings. The largest absolute Gasteiger partial charge is 0.496 e. The van der Waals surface area contributed by atoms with Crippen LogP contribution in [0.25, 0.3) is 0 Å². The summed E-state index contributed by atoms with van der Waals surface area (Å²) in [6.07, 6.45) is -0.0812. The van der Waals surface area contributed by atoms with Crippen LogP contribution in [-0.2, 0) is 11.2 Å². The Morgan fingerprint density at radius 3 is 2.69 bits per heavy atom. The molecule has 3 aromatic carbocycles. The lowest BCUT2D eigenvalue weighted by molar-refractivity contribution is -0.136. The number of carbonyl (C=O) groups is 1. The van der Waals surface area contributed by atoms with E-state index in [0.717, 1.165) is 22.5 Å². The number of ether oxygens (including phenoxy) is 1. The summed E-state index contributed by atoms with van der Waals surface area (Å²) >= 11 is 0. The Kier molecular flexibility index (Phi) is 7.54. The van der Waals surface area contributed by atoms with Crippen molar-refractivity contribution in [1.29, 1.82) is 5.26 Å². The van der Waals surface area contributed by atoms with Crippen LogP contribution in [-0.4, -0.2) is 37.3 Å². The molecule has 7 nitrogen and oxygen atoms in total. The number of aliphatic carboxylic acids is 1. The molecule has 0 spiro atoms. The van der Waals surface area contributed by atoms with E-state index in [1.165, 1.54) is 0 Å². The molecule has 0 bridgehead atoms. The average Bonchev–Trinajstić information content (AvgIpc) is 2.88. The third-order valence-corrected chi connectivity index (χ3v) is 6.45. The van der Waals surface area contributed by atoms with Crippen LogP contribution in [0.5, 0.6) is 5.75 Å². The zero-order valence-corrected chi connectivity index (χ0v) is 19.9. The van der Waals surface area contributed by atoms with Gasteiger partial charge in [-0.2, -0.15) is 5.26 Å². The van der Waals surface area contributed by atoms with Gasteiger partial charge in [0.15, 0.2) is 0 Å². The fourth-order valence-electron chi connectivity index (χ4n) is 4.59. The smallest absolute Gasteiger partial charge is 0.307 e. The molecule has 3 aromatic rings. The van der Waals surface area contributed by atoms with Crippen LogP contribution in [0.2, 0.25) is 0 Å². The van der Waals surface area contributed by atoms with Crippen molar-refractivity contribution in [2.45, 2.75) is 31.3 Å². The molecule has 4 N–H and O–H groups in total. The summed E-state index contributed by atoms with van der Waals surface area (Å²) in [5.74, 6) is -0.163. The number of nitrogens with one attached hydrogen (secondary N) is 3. The number of fused-ring (bicyclic) bond motifs is 1. The summed E-state index contributed by atoms with van der Waals surface area (Å²) in [6.45, 7) is 3.51. The topological polar surface area (TPSA) is 106 Å². The third-order valence-electron chi connectivity index (χ3n) is 6.45. The van der Waals surface area contributed by atoms with E-state index in [4.69, 9.17) is 4.74 Å². The fraction of sp³-hybridized carbons (Fsp3) is 0.286. The van der Waals surface area contributed by atoms with Crippen molar-refractivity contribution in [2.75, 3.05) is 30.8 Å². The monoisotopic (exact) mass is 470 g/mol. The molecule has 0 radical (unpaired) electrons. The standard InChI is InChI=1S/C28H30N4O3/c1-18(20-11-12-25(35-2)22(13-20)14-26(33)34)16-31-27(19-7-4-3-5-8-19)24-17-30-23-10-6-9-21(15-29)28(23)32-24/h3-13,18,24,27,30-32H,14,16-17H2,1-2H3,(H,33,34)/t18-,24-,27-/m1/s1. The van der Waals surface area contributed by atoms with Crippen molar-refractivity contribution >= 4 is 17.3 Å². The molecule has 0 saturated carbocycles. The SMILES string of the molecule is COc1ccc([C@H](C)CN[C@H](c2ccccc2)[C@H]2CNc3cccc(C#N)c3N2)cc1CC(=O)O. The Morgan fingerprint density at radius 1 is 1.17 bits per heavy atom. The van der Waals surface area contributed by atoms with Gasteiger partial charge in [-0.05, 0) is 35.2 Å². The minimum Gasteiger partial charge on any atom is -0.496 e. The zero-order valence-electron chi connectivity index (χ0n) is 19.9. The molecule has 1 heterocycles. The van der Waals surface area contributed by atoms with E-state index < -0.39 is 5.97 Å². The van der Waals surface area contributed by atoms with Crippen LogP contribution in [0.15, 0.2) is 66.7 Å². The Balaban J connectivity index is 1.55. The first-order chi connectivity index (χ1) is 17.0. The number of anilines is 2. The molecule has 0 saturated heterocycles. The highest BCUT2D eigenvalue weighted by Crippen LogP contribution is 2.33. The predicted octanol–water partition coefficient (Wildman–Crippen LogP) is 4.53. The maximum absolute atomic E-state index is 11.3. The van der Waals surface area contributed by atoms with Crippen LogP contribution in [0.4, 0.5) is 11.4 Å². The van der Waals surface area contributed by atoms with Crippen molar-refractivity contribution in [3.63, 3.8) is 0 Å². The first-order valence-corrected chi connectivity index (χ1v) is 11.7. The fourth-order valence-corrected chi connectivity index (χ4v) is 4.59. The molecule has 35 heavy (non-hydrogen) atoms. The second-order valence-electron chi connectivity index (χ2n) is 8.81. The van der Waals surface area contributed by atoms with Crippen LogP contribution < -0.4 is 20.7 Å². The maximum Gasteiger partial charge on any atom is 0.307 e. The zero-order chi connectivity index (χ0) is 24.8. The maximum atomic E-state index is 11.3. The lowest BCUT2D eigenvalue weighted by Crippen LogP contribution is -2.45. The summed E-state index contributed by atoms with van der Waals surface area (Å²) in [6, 6.07) is 24.0. The summed E-state index contributed by atoms with van der Waals surface area (Å²) in [5, 5.41) is 29.6. The molecule has 4 rings (SSSR count). The van der Waals surface area contributed by atoms with E-state index in [1.54, 1.807) is 7.11 Å². The molecular weight excluding hydrogens is 440 g/mol. The van der Waals surface area contributed by atoms with Crippen LogP contribution in [0.3, 0.4) is 0 Å². The number of rotatable bonds is 9. The lowest BCUT2D eigenvalue weighted by atomic mass is 9.93. The van der Waals surface area contributed by atoms with Gasteiger partial charge in [-0.3, -0.25) is 4.79 Å². The van der Waals surface area contributed by atoms with Crippen molar-refractivity contribution in [2.24, 2.45) is 0 Å². The van der Waals surface area contributed by atoms with Gasteiger partial charge in [0.1, 0.15) is 11.8 Å². The summed E-state index contributed by atoms with van der Waals surface area (Å²) < 4.78 is 5.35. The van der Waals surface area contributed by atoms with E-state index in [9.17, 15) is 15.2 Å². The third kappa shape index (κ3) is 5.56. The number of benzene rings is 3. The number of methoxy groups -OCH3 is 1. The van der Waals surface area contributed by atoms with Gasteiger partial charge in [-0.25, -0.2) is 0 Å². The molecule has 3 atom stereocenters. The predicted molar refractivity (Wildman–Crippen MR) is 137 cm³/mol. The number of carboxylic acid groups (broad SMARTS) is 1. The number of hydrogen-bond donors (Lipinski definition) is 4. The van der Waals surface area contributed by atoms with Gasteiger partial charge in [-0.15, -0.1) is 0 Å². The molecule has 1 aliphatic heterocycles. The summed E-state index contributed by atoms with van der Waals surface area (Å²) in [7, 11) is 1.55. The van der Waals surface area contributed by atoms with Gasteiger partial charge >= 0.3 is 5.97 Å². The first-order valence-electron chi connectivity index (χ1n) is 11.7. The highest BCUT2D eigenvalue weighted by atomic mass is 16.5. The highest BCUT2D eigenvalue weighted by molar-refractivity contribution is 5.77. The van der Waals surface area contributed by atoms with Gasteiger partial charge in [0.25, 0.3) is 0 Å². The lowest BCUT2D eigenvalue weighted by Gasteiger charge is -2.36. The number of nitriles is 1. The second-order valence-corrected chi connectivity index (χ2v) is 8.81. The quantitative estimate of drug-likeness (QED) is 0.364. The Bertz CT molecular complexity index is 1220. The van der Waals surface area contributed by atoms with Crippen molar-refractivity contribution in [3.05, 3.63) is 89.0 Å². The van der Waals surface area contributed by atoms with Crippen molar-refractivity contribution in [3.8, 4) is 11.8 Å². The number of para-hydroxylation sites is 1. The van der Waals surface area contributed by atoms with Crippen molar-refractivity contribution < 1.29 is 14.6 Å². The van der Waals surface area contributed by atoms with E-state index >= 15 is 0 Å². The van der Waals surface area contributed by atoms with Crippen LogP contribution >= 0.6 is 0 Å². The molecule has 0 fully saturated rings. The van der Waals surface area contributed by atoms with Crippen molar-refractivity contribution in [1.82, 2.24) is 5.32 Å². The molecule has 0 amide bonds. The second kappa shape index (κ2) is 10.9. The van der Waals surface area contributed by atoms with Gasteiger partial charge in [0.2, 0.25) is 0 Å². The van der Waals surface area contributed by atoms with Crippen LogP contribution in [0.1, 0.15) is 41.1 Å². The first kappa shape index (κ1) is 24.1. The number of nitrogens with zero attached hydrogens (tertiary/aromatic N) is 1. The van der Waals surface area contributed by atoms with E-state index in [1.807, 2.05) is 54.6 Å². The van der Waals surface area contributed by atoms with Gasteiger partial charge in [0.05, 0.1) is 42.6 Å². The Morgan fingerprint density at radius 2 is 1.97 bits per heavy atom. The molecule has 0 aliphatic carbocycles. The molecule has 0 unspecified atom stereocenters. The van der Waals surface area contributed by atoms with Crippen LogP contribution in [0, 0.1) is 11.3 Å². The highest BCUT2D eigenvalue weighted by Gasteiger charge is 2.28. The molecule has 0 aromatic heterocycles. The van der Waals surface area contributed by atoms with Gasteiger partial charge in [-0.1, -0.05) is 55.5 Å². The Hall–Kier alpha value is -4.02.